The molecule has 0 fully saturated rings. The molecule has 1 heterocycles. The average molecular weight is 454 g/mol. The van der Waals surface area contributed by atoms with Crippen LogP contribution >= 0.6 is 35.3 Å². The predicted molar refractivity (Wildman–Crippen MR) is 106 cm³/mol. The summed E-state index contributed by atoms with van der Waals surface area (Å²) in [5.74, 6) is 0.518. The summed E-state index contributed by atoms with van der Waals surface area (Å²) >= 11 is 1.70. The van der Waals surface area contributed by atoms with Crippen LogP contribution in [0.2, 0.25) is 0 Å². The van der Waals surface area contributed by atoms with Crippen molar-refractivity contribution in [3.8, 4) is 0 Å². The van der Waals surface area contributed by atoms with E-state index in [1.807, 2.05) is 33.9 Å². The highest BCUT2D eigenvalue weighted by atomic mass is 127. The van der Waals surface area contributed by atoms with E-state index in [0.717, 1.165) is 18.0 Å². The highest BCUT2D eigenvalue weighted by Gasteiger charge is 2.06. The lowest BCUT2D eigenvalue weighted by molar-refractivity contribution is -0.147. The molecule has 0 radical (unpaired) electrons. The Hall–Kier alpha value is -0.900. The van der Waals surface area contributed by atoms with Crippen molar-refractivity contribution in [2.24, 2.45) is 4.99 Å². The molecule has 0 aromatic carbocycles. The zero-order valence-electron chi connectivity index (χ0n) is 14.2. The first-order valence-electron chi connectivity index (χ1n) is 7.64. The fraction of sp³-hybridized carbons (Fsp3) is 0.667. The molecule has 1 rings (SSSR count). The Morgan fingerprint density at radius 1 is 1.43 bits per heavy atom. The first-order chi connectivity index (χ1) is 10.5. The summed E-state index contributed by atoms with van der Waals surface area (Å²) in [5, 5.41) is 7.39. The van der Waals surface area contributed by atoms with Gasteiger partial charge in [-0.15, -0.1) is 35.3 Å². The van der Waals surface area contributed by atoms with Gasteiger partial charge in [0.1, 0.15) is 0 Å². The molecule has 0 spiro atoms. The van der Waals surface area contributed by atoms with Crippen LogP contribution in [0.25, 0.3) is 0 Å². The molecule has 0 saturated heterocycles. The topological polar surface area (TPSA) is 75.6 Å². The number of thiazole rings is 1. The number of hydrogen-bond acceptors (Lipinski definition) is 5. The van der Waals surface area contributed by atoms with E-state index in [4.69, 9.17) is 4.74 Å². The van der Waals surface area contributed by atoms with Crippen LogP contribution in [0.1, 0.15) is 37.1 Å². The van der Waals surface area contributed by atoms with Crippen molar-refractivity contribution in [2.45, 2.75) is 46.6 Å². The maximum Gasteiger partial charge on any atom is 0.307 e. The Morgan fingerprint density at radius 2 is 2.17 bits per heavy atom. The first kappa shape index (κ1) is 22.1. The molecular formula is C15H27IN4O2S. The summed E-state index contributed by atoms with van der Waals surface area (Å²) in [5.41, 5.74) is 0. The van der Waals surface area contributed by atoms with Crippen LogP contribution in [0.4, 0.5) is 0 Å². The third kappa shape index (κ3) is 10.5. The van der Waals surface area contributed by atoms with Gasteiger partial charge in [0.2, 0.25) is 0 Å². The number of halogens is 1. The van der Waals surface area contributed by atoms with Crippen molar-refractivity contribution in [2.75, 3.05) is 19.6 Å². The highest BCUT2D eigenvalue weighted by Crippen LogP contribution is 2.11. The Labute approximate surface area is 159 Å². The van der Waals surface area contributed by atoms with Gasteiger partial charge < -0.3 is 15.4 Å². The predicted octanol–water partition coefficient (Wildman–Crippen LogP) is 2.51. The Kier molecular flexibility index (Phi) is 12.0. The van der Waals surface area contributed by atoms with Gasteiger partial charge in [-0.25, -0.2) is 4.98 Å². The maximum absolute atomic E-state index is 11.5. The van der Waals surface area contributed by atoms with E-state index >= 15 is 0 Å². The van der Waals surface area contributed by atoms with E-state index in [2.05, 4.69) is 20.6 Å². The number of aromatic nitrogens is 1. The number of esters is 1. The summed E-state index contributed by atoms with van der Waals surface area (Å²) in [6.07, 6.45) is 2.96. The maximum atomic E-state index is 11.5. The zero-order valence-corrected chi connectivity index (χ0v) is 17.4. The molecule has 0 amide bonds. The first-order valence-corrected chi connectivity index (χ1v) is 8.46. The summed E-state index contributed by atoms with van der Waals surface area (Å²) in [6.45, 7) is 9.69. The normalized spacial score (nSPS) is 11.1. The van der Waals surface area contributed by atoms with Crippen molar-refractivity contribution in [3.63, 3.8) is 0 Å². The van der Waals surface area contributed by atoms with Gasteiger partial charge in [0.15, 0.2) is 5.96 Å². The molecule has 0 bridgehead atoms. The van der Waals surface area contributed by atoms with Crippen LogP contribution in [-0.2, 0) is 16.0 Å². The lowest BCUT2D eigenvalue weighted by Crippen LogP contribution is -2.38. The van der Waals surface area contributed by atoms with Gasteiger partial charge >= 0.3 is 5.97 Å². The number of carbonyl (C=O) groups excluding carboxylic acids is 1. The highest BCUT2D eigenvalue weighted by molar-refractivity contribution is 14.0. The van der Waals surface area contributed by atoms with Crippen molar-refractivity contribution >= 4 is 47.2 Å². The van der Waals surface area contributed by atoms with Gasteiger partial charge in [-0.2, -0.15) is 0 Å². The molecule has 23 heavy (non-hydrogen) atoms. The molecule has 0 saturated carbocycles. The summed E-state index contributed by atoms with van der Waals surface area (Å²) in [6, 6.07) is 0. The largest absolute Gasteiger partial charge is 0.463 e. The Morgan fingerprint density at radius 3 is 2.74 bits per heavy atom. The molecule has 1 aromatic heterocycles. The molecular weight excluding hydrogens is 427 g/mol. The Bertz CT molecular complexity index is 492. The average Bonchev–Trinajstić information content (AvgIpc) is 2.83. The van der Waals surface area contributed by atoms with E-state index in [1.165, 1.54) is 4.88 Å². The summed E-state index contributed by atoms with van der Waals surface area (Å²) < 4.78 is 5.09. The van der Waals surface area contributed by atoms with E-state index in [0.29, 0.717) is 25.5 Å². The standard InChI is InChI=1S/C15H26N4O2S.HI/c1-5-16-15(18-9-7-14(20)21-11(2)3)17-8-6-13-19-10-12(4)22-13;/h10-11H,5-9H2,1-4H3,(H2,16,17,18);1H. The van der Waals surface area contributed by atoms with Crippen LogP contribution in [-0.4, -0.2) is 42.7 Å². The number of aryl methyl sites for hydroxylation is 1. The van der Waals surface area contributed by atoms with Crippen molar-refractivity contribution in [1.29, 1.82) is 0 Å². The van der Waals surface area contributed by atoms with E-state index in [9.17, 15) is 4.79 Å². The number of aliphatic imine (C=N–C) groups is 1. The van der Waals surface area contributed by atoms with Gasteiger partial charge in [-0.3, -0.25) is 9.79 Å². The minimum atomic E-state index is -0.198. The molecule has 1 aromatic rings. The SMILES string of the molecule is CCNC(=NCCc1ncc(C)s1)NCCC(=O)OC(C)C.I. The minimum Gasteiger partial charge on any atom is -0.463 e. The second kappa shape index (κ2) is 12.5. The van der Waals surface area contributed by atoms with Crippen LogP contribution in [0.15, 0.2) is 11.2 Å². The molecule has 6 nitrogen and oxygen atoms in total. The Balaban J connectivity index is 0.00000484. The zero-order chi connectivity index (χ0) is 16.4. The van der Waals surface area contributed by atoms with Gasteiger partial charge in [-0.05, 0) is 27.7 Å². The molecule has 8 heteroatoms. The third-order valence-corrected chi connectivity index (χ3v) is 3.57. The number of nitrogens with zero attached hydrogens (tertiary/aromatic N) is 2. The van der Waals surface area contributed by atoms with E-state index in [-0.39, 0.29) is 36.0 Å². The third-order valence-electron chi connectivity index (χ3n) is 2.60. The minimum absolute atomic E-state index is 0. The van der Waals surface area contributed by atoms with E-state index < -0.39 is 0 Å². The van der Waals surface area contributed by atoms with Crippen LogP contribution in [0.5, 0.6) is 0 Å². The van der Waals surface area contributed by atoms with Crippen LogP contribution in [0.3, 0.4) is 0 Å². The van der Waals surface area contributed by atoms with Gasteiger partial charge in [-0.1, -0.05) is 0 Å². The lowest BCUT2D eigenvalue weighted by atomic mass is 10.4. The fourth-order valence-corrected chi connectivity index (χ4v) is 2.50. The quantitative estimate of drug-likeness (QED) is 0.273. The van der Waals surface area contributed by atoms with Crippen LogP contribution in [0, 0.1) is 6.92 Å². The summed E-state index contributed by atoms with van der Waals surface area (Å²) in [4.78, 5) is 21.5. The van der Waals surface area contributed by atoms with E-state index in [1.54, 1.807) is 11.3 Å². The number of guanidine groups is 1. The fourth-order valence-electron chi connectivity index (χ4n) is 1.73. The van der Waals surface area contributed by atoms with Gasteiger partial charge in [0, 0.05) is 37.1 Å². The molecule has 2 N–H and O–H groups in total. The molecule has 0 atom stereocenters. The van der Waals surface area contributed by atoms with Gasteiger partial charge in [0.05, 0.1) is 17.5 Å². The molecule has 0 unspecified atom stereocenters. The molecule has 0 aliphatic heterocycles. The smallest absolute Gasteiger partial charge is 0.307 e. The summed E-state index contributed by atoms with van der Waals surface area (Å²) in [7, 11) is 0. The second-order valence-electron chi connectivity index (χ2n) is 5.09. The number of carbonyl (C=O) groups is 1. The molecule has 0 aliphatic rings. The van der Waals surface area contributed by atoms with Crippen LogP contribution < -0.4 is 10.6 Å². The number of ether oxygens (including phenoxy) is 1. The monoisotopic (exact) mass is 454 g/mol. The number of rotatable bonds is 8. The molecule has 132 valence electrons. The number of hydrogen-bond donors (Lipinski definition) is 2. The van der Waals surface area contributed by atoms with Crippen molar-refractivity contribution < 1.29 is 9.53 Å². The van der Waals surface area contributed by atoms with Crippen molar-refractivity contribution in [1.82, 2.24) is 15.6 Å². The molecule has 0 aliphatic carbocycles. The second-order valence-corrected chi connectivity index (χ2v) is 6.41. The number of nitrogens with one attached hydrogen (secondary N) is 2. The van der Waals surface area contributed by atoms with Crippen molar-refractivity contribution in [3.05, 3.63) is 16.1 Å². The van der Waals surface area contributed by atoms with Gasteiger partial charge in [0.25, 0.3) is 0 Å². The lowest BCUT2D eigenvalue weighted by Gasteiger charge is -2.12.